The number of hydrogen-bond donors (Lipinski definition) is 2. The summed E-state index contributed by atoms with van der Waals surface area (Å²) < 4.78 is 12.1. The summed E-state index contributed by atoms with van der Waals surface area (Å²) in [5.41, 5.74) is 1.07. The van der Waals surface area contributed by atoms with Crippen LogP contribution in [-0.4, -0.2) is 6.67 Å². The smallest absolute Gasteiger partial charge is 0.112 e. The molecule has 0 aliphatic carbocycles. The molecule has 0 rings (SSSR count). The maximum absolute atomic E-state index is 12.1. The Morgan fingerprint density at radius 3 is 2.55 bits per heavy atom. The average molecular weight is 158 g/mol. The number of hydrogen-bond acceptors (Lipinski definition) is 2. The maximum atomic E-state index is 12.1. The molecule has 0 saturated heterocycles. The van der Waals surface area contributed by atoms with Gasteiger partial charge in [-0.1, -0.05) is 6.08 Å². The van der Waals surface area contributed by atoms with Gasteiger partial charge in [0.25, 0.3) is 0 Å². The lowest BCUT2D eigenvalue weighted by Gasteiger charge is -2.04. The third kappa shape index (κ3) is 6.90. The zero-order chi connectivity index (χ0) is 8.69. The zero-order valence-corrected chi connectivity index (χ0v) is 7.24. The van der Waals surface area contributed by atoms with Gasteiger partial charge in [0, 0.05) is 11.9 Å². The fraction of sp³-hybridized carbons (Fsp3) is 0.500. The second-order valence-corrected chi connectivity index (χ2v) is 2.26. The molecular formula is C8H15FN2. The molecule has 0 atom stereocenters. The predicted octanol–water partition coefficient (Wildman–Crippen LogP) is 1.88. The van der Waals surface area contributed by atoms with Crippen LogP contribution in [0.4, 0.5) is 4.39 Å². The van der Waals surface area contributed by atoms with Crippen molar-refractivity contribution in [3.05, 3.63) is 23.8 Å². The summed E-state index contributed by atoms with van der Waals surface area (Å²) in [5.74, 6) is -0.218. The van der Waals surface area contributed by atoms with Crippen LogP contribution in [0.15, 0.2) is 23.8 Å². The van der Waals surface area contributed by atoms with E-state index in [1.807, 2.05) is 19.9 Å². The van der Waals surface area contributed by atoms with Crippen molar-refractivity contribution >= 4 is 0 Å². The van der Waals surface area contributed by atoms with Gasteiger partial charge >= 0.3 is 0 Å². The molecule has 0 aromatic heterocycles. The third-order valence-electron chi connectivity index (χ3n) is 1.20. The van der Waals surface area contributed by atoms with Crippen molar-refractivity contribution < 1.29 is 4.39 Å². The lowest BCUT2D eigenvalue weighted by molar-refractivity contribution is 0.618. The Balaban J connectivity index is 3.36. The van der Waals surface area contributed by atoms with Gasteiger partial charge in [0.05, 0.1) is 6.67 Å². The Morgan fingerprint density at radius 1 is 1.45 bits per heavy atom. The van der Waals surface area contributed by atoms with Crippen molar-refractivity contribution in [3.63, 3.8) is 0 Å². The molecule has 11 heavy (non-hydrogen) atoms. The van der Waals surface area contributed by atoms with Crippen molar-refractivity contribution in [2.45, 2.75) is 20.8 Å². The summed E-state index contributed by atoms with van der Waals surface area (Å²) in [6, 6.07) is 0. The summed E-state index contributed by atoms with van der Waals surface area (Å²) in [6.45, 7) is 5.85. The molecule has 3 heteroatoms. The Kier molecular flexibility index (Phi) is 5.25. The van der Waals surface area contributed by atoms with Gasteiger partial charge in [-0.15, -0.1) is 0 Å². The van der Waals surface area contributed by atoms with Gasteiger partial charge in [-0.25, -0.2) is 4.39 Å². The topological polar surface area (TPSA) is 24.1 Å². The Hall–Kier alpha value is -0.990. The summed E-state index contributed by atoms with van der Waals surface area (Å²) in [5, 5.41) is 5.79. The summed E-state index contributed by atoms with van der Waals surface area (Å²) in [7, 11) is 0. The van der Waals surface area contributed by atoms with Gasteiger partial charge in [-0.2, -0.15) is 0 Å². The van der Waals surface area contributed by atoms with Gasteiger partial charge in [0.1, 0.15) is 5.83 Å². The van der Waals surface area contributed by atoms with Crippen LogP contribution in [0.3, 0.4) is 0 Å². The molecule has 0 fully saturated rings. The van der Waals surface area contributed by atoms with Crippen LogP contribution in [0.2, 0.25) is 0 Å². The molecule has 0 aromatic rings. The van der Waals surface area contributed by atoms with Crippen LogP contribution in [-0.2, 0) is 0 Å². The molecule has 64 valence electrons. The molecule has 0 unspecified atom stereocenters. The molecular weight excluding hydrogens is 143 g/mol. The highest BCUT2D eigenvalue weighted by atomic mass is 19.1. The first-order chi connectivity index (χ1) is 5.16. The van der Waals surface area contributed by atoms with Crippen molar-refractivity contribution in [3.8, 4) is 0 Å². The van der Waals surface area contributed by atoms with Crippen molar-refractivity contribution in [2.75, 3.05) is 6.67 Å². The number of nitrogens with one attached hydrogen (secondary N) is 2. The minimum Gasteiger partial charge on any atom is -0.372 e. The highest BCUT2D eigenvalue weighted by Crippen LogP contribution is 1.87. The normalized spacial score (nSPS) is 13.1. The van der Waals surface area contributed by atoms with Crippen LogP contribution >= 0.6 is 0 Å². The van der Waals surface area contributed by atoms with Gasteiger partial charge in [0.15, 0.2) is 0 Å². The molecule has 2 N–H and O–H groups in total. The number of rotatable bonds is 4. The Labute approximate surface area is 67.2 Å². The minimum absolute atomic E-state index is 0.218. The van der Waals surface area contributed by atoms with Gasteiger partial charge in [-0.3, -0.25) is 0 Å². The van der Waals surface area contributed by atoms with E-state index in [1.54, 1.807) is 0 Å². The van der Waals surface area contributed by atoms with E-state index >= 15 is 0 Å². The van der Waals surface area contributed by atoms with E-state index in [1.165, 1.54) is 13.1 Å². The van der Waals surface area contributed by atoms with Crippen molar-refractivity contribution in [2.24, 2.45) is 0 Å². The largest absolute Gasteiger partial charge is 0.372 e. The van der Waals surface area contributed by atoms with E-state index in [0.717, 1.165) is 5.70 Å². The van der Waals surface area contributed by atoms with Gasteiger partial charge in [0.2, 0.25) is 0 Å². The van der Waals surface area contributed by atoms with E-state index in [4.69, 9.17) is 0 Å². The summed E-state index contributed by atoms with van der Waals surface area (Å²) >= 11 is 0. The highest BCUT2D eigenvalue weighted by Gasteiger charge is 1.83. The monoisotopic (exact) mass is 158 g/mol. The zero-order valence-electron chi connectivity index (χ0n) is 7.24. The fourth-order valence-corrected chi connectivity index (χ4v) is 0.484. The molecule has 2 nitrogen and oxygen atoms in total. The molecule has 0 aliphatic heterocycles. The molecule has 0 heterocycles. The van der Waals surface area contributed by atoms with Gasteiger partial charge < -0.3 is 10.6 Å². The lowest BCUT2D eigenvalue weighted by Crippen LogP contribution is -2.23. The quantitative estimate of drug-likeness (QED) is 0.482. The van der Waals surface area contributed by atoms with Crippen LogP contribution < -0.4 is 10.6 Å². The van der Waals surface area contributed by atoms with Crippen LogP contribution in [0, 0.1) is 0 Å². The van der Waals surface area contributed by atoms with Gasteiger partial charge in [-0.05, 0) is 20.8 Å². The minimum atomic E-state index is -0.218. The van der Waals surface area contributed by atoms with Crippen molar-refractivity contribution in [1.82, 2.24) is 10.6 Å². The first-order valence-electron chi connectivity index (χ1n) is 3.59. The predicted molar refractivity (Wildman–Crippen MR) is 45.4 cm³/mol. The Morgan fingerprint density at radius 2 is 2.09 bits per heavy atom. The molecule has 0 spiro atoms. The maximum Gasteiger partial charge on any atom is 0.112 e. The van der Waals surface area contributed by atoms with E-state index in [2.05, 4.69) is 10.6 Å². The molecule has 0 aliphatic rings. The van der Waals surface area contributed by atoms with E-state index in [9.17, 15) is 4.39 Å². The molecule has 0 saturated carbocycles. The molecule has 0 bridgehead atoms. The SMILES string of the molecule is C/C=C(\C)NCN/C=C(/C)F. The first-order valence-corrected chi connectivity index (χ1v) is 3.59. The lowest BCUT2D eigenvalue weighted by atomic mass is 10.5. The fourth-order valence-electron chi connectivity index (χ4n) is 0.484. The van der Waals surface area contributed by atoms with E-state index < -0.39 is 0 Å². The highest BCUT2D eigenvalue weighted by molar-refractivity contribution is 4.92. The second kappa shape index (κ2) is 5.77. The van der Waals surface area contributed by atoms with E-state index in [0.29, 0.717) is 6.67 Å². The third-order valence-corrected chi connectivity index (χ3v) is 1.20. The average Bonchev–Trinajstić information content (AvgIpc) is 1.97. The van der Waals surface area contributed by atoms with Crippen LogP contribution in [0.5, 0.6) is 0 Å². The standard InChI is InChI=1S/C8H15FN2/c1-4-8(3)11-6-10-5-7(2)9/h4-5,10-11H,6H2,1-3H3/b7-5-,8-4+. The molecule has 0 amide bonds. The summed E-state index contributed by atoms with van der Waals surface area (Å²) in [4.78, 5) is 0. The molecule has 0 radical (unpaired) electrons. The molecule has 0 aromatic carbocycles. The second-order valence-electron chi connectivity index (χ2n) is 2.26. The number of allylic oxidation sites excluding steroid dienone is 3. The van der Waals surface area contributed by atoms with Crippen LogP contribution in [0.1, 0.15) is 20.8 Å². The Bertz CT molecular complexity index is 157. The van der Waals surface area contributed by atoms with Crippen LogP contribution in [0.25, 0.3) is 0 Å². The number of halogens is 1. The van der Waals surface area contributed by atoms with Crippen molar-refractivity contribution in [1.29, 1.82) is 0 Å². The van der Waals surface area contributed by atoms with E-state index in [-0.39, 0.29) is 5.83 Å². The first kappa shape index (κ1) is 10.0. The summed E-state index contributed by atoms with van der Waals surface area (Å²) in [6.07, 6.45) is 3.28.